The van der Waals surface area contributed by atoms with Crippen LogP contribution in [0.1, 0.15) is 40.4 Å². The number of aromatic nitrogens is 3. The monoisotopic (exact) mass is 361 g/mol. The molecule has 3 heterocycles. The van der Waals surface area contributed by atoms with Crippen LogP contribution in [0, 0.1) is 6.92 Å². The second-order valence-electron chi connectivity index (χ2n) is 7.13. The van der Waals surface area contributed by atoms with Crippen LogP contribution in [0.2, 0.25) is 0 Å². The molecule has 4 rings (SSSR count). The van der Waals surface area contributed by atoms with E-state index in [1.165, 1.54) is 5.56 Å². The number of H-pyrrole nitrogens is 1. The Morgan fingerprint density at radius 2 is 2.00 bits per heavy atom. The van der Waals surface area contributed by atoms with Crippen LogP contribution in [0.5, 0.6) is 0 Å². The number of aromatic amines is 1. The zero-order valence-corrected chi connectivity index (χ0v) is 15.4. The summed E-state index contributed by atoms with van der Waals surface area (Å²) >= 11 is 0. The molecule has 1 aliphatic rings. The van der Waals surface area contributed by atoms with Crippen LogP contribution in [0.25, 0.3) is 11.1 Å². The average Bonchev–Trinajstić information content (AvgIpc) is 3.18. The molecular formula is C21H23N5O. The molecule has 0 saturated carbocycles. The van der Waals surface area contributed by atoms with E-state index in [1.807, 2.05) is 11.1 Å². The number of aryl methyl sites for hydroxylation is 1. The lowest BCUT2D eigenvalue weighted by Gasteiger charge is -2.32. The molecule has 6 heteroatoms. The number of amides is 1. The summed E-state index contributed by atoms with van der Waals surface area (Å²) in [5.41, 5.74) is 10.8. The maximum Gasteiger partial charge on any atom is 0.255 e. The smallest absolute Gasteiger partial charge is 0.255 e. The van der Waals surface area contributed by atoms with Gasteiger partial charge in [0.05, 0.1) is 11.8 Å². The van der Waals surface area contributed by atoms with Gasteiger partial charge < -0.3 is 10.6 Å². The Kier molecular flexibility index (Phi) is 4.62. The minimum atomic E-state index is 0.00333. The highest BCUT2D eigenvalue weighted by Crippen LogP contribution is 2.33. The Morgan fingerprint density at radius 3 is 2.74 bits per heavy atom. The fourth-order valence-electron chi connectivity index (χ4n) is 3.68. The molecular weight excluding hydrogens is 338 g/mol. The number of rotatable bonds is 3. The maximum atomic E-state index is 12.8. The highest BCUT2D eigenvalue weighted by atomic mass is 16.2. The lowest BCUT2D eigenvalue weighted by atomic mass is 9.90. The second-order valence-corrected chi connectivity index (χ2v) is 7.13. The number of anilines is 1. The zero-order chi connectivity index (χ0) is 18.8. The van der Waals surface area contributed by atoms with Crippen molar-refractivity contribution in [3.8, 4) is 11.1 Å². The summed E-state index contributed by atoms with van der Waals surface area (Å²) in [5.74, 6) is 0.662. The molecule has 0 spiro atoms. The molecule has 0 unspecified atom stereocenters. The first-order valence-electron chi connectivity index (χ1n) is 9.23. The van der Waals surface area contributed by atoms with Crippen LogP contribution < -0.4 is 5.73 Å². The number of likely N-dealkylation sites (tertiary alicyclic amines) is 1. The Balaban J connectivity index is 1.55. The molecule has 27 heavy (non-hydrogen) atoms. The number of hydrogen-bond donors (Lipinski definition) is 2. The standard InChI is InChI=1S/C21H23N5O/c1-14-4-6-15(7-5-14)18-12-24-25-20(18)17-3-2-10-26(13-17)21(27)16-8-9-19(22)23-11-16/h4-9,11-12,17H,2-3,10,13H2,1H3,(H2,22,23)(H,24,25)/t17-/m0/s1. The van der Waals surface area contributed by atoms with Gasteiger partial charge in [-0.1, -0.05) is 29.8 Å². The highest BCUT2D eigenvalue weighted by molar-refractivity contribution is 5.94. The zero-order valence-electron chi connectivity index (χ0n) is 15.4. The van der Waals surface area contributed by atoms with Crippen LogP contribution in [-0.2, 0) is 0 Å². The first-order valence-corrected chi connectivity index (χ1v) is 9.23. The number of piperidine rings is 1. The summed E-state index contributed by atoms with van der Waals surface area (Å²) in [5, 5.41) is 7.46. The van der Waals surface area contributed by atoms with Crippen molar-refractivity contribution in [1.82, 2.24) is 20.1 Å². The van der Waals surface area contributed by atoms with E-state index in [0.29, 0.717) is 17.9 Å². The van der Waals surface area contributed by atoms with Crippen molar-refractivity contribution in [2.24, 2.45) is 0 Å². The average molecular weight is 361 g/mol. The van der Waals surface area contributed by atoms with Gasteiger partial charge >= 0.3 is 0 Å². The van der Waals surface area contributed by atoms with Crippen LogP contribution in [0.15, 0.2) is 48.8 Å². The van der Waals surface area contributed by atoms with Gasteiger partial charge in [-0.3, -0.25) is 9.89 Å². The summed E-state index contributed by atoms with van der Waals surface area (Å²) in [6.07, 6.45) is 5.43. The minimum Gasteiger partial charge on any atom is -0.384 e. The number of pyridine rings is 1. The molecule has 2 aromatic heterocycles. The predicted octanol–water partition coefficient (Wildman–Crippen LogP) is 3.38. The topological polar surface area (TPSA) is 87.9 Å². The number of nitrogens with zero attached hydrogens (tertiary/aromatic N) is 3. The molecule has 1 atom stereocenters. The molecule has 0 bridgehead atoms. The van der Waals surface area contributed by atoms with Crippen molar-refractivity contribution in [1.29, 1.82) is 0 Å². The molecule has 6 nitrogen and oxygen atoms in total. The van der Waals surface area contributed by atoms with E-state index in [0.717, 1.165) is 36.2 Å². The molecule has 1 fully saturated rings. The molecule has 0 radical (unpaired) electrons. The number of nitrogen functional groups attached to an aromatic ring is 1. The van der Waals surface area contributed by atoms with Gasteiger partial charge in [-0.2, -0.15) is 5.10 Å². The van der Waals surface area contributed by atoms with Crippen molar-refractivity contribution in [3.05, 3.63) is 65.6 Å². The molecule has 0 aliphatic carbocycles. The van der Waals surface area contributed by atoms with E-state index in [-0.39, 0.29) is 11.8 Å². The Morgan fingerprint density at radius 1 is 1.19 bits per heavy atom. The van der Waals surface area contributed by atoms with E-state index >= 15 is 0 Å². The van der Waals surface area contributed by atoms with E-state index in [1.54, 1.807) is 18.3 Å². The van der Waals surface area contributed by atoms with Crippen molar-refractivity contribution in [2.75, 3.05) is 18.8 Å². The number of hydrogen-bond acceptors (Lipinski definition) is 4. The van der Waals surface area contributed by atoms with Gasteiger partial charge in [0.15, 0.2) is 0 Å². The molecule has 1 aromatic carbocycles. The van der Waals surface area contributed by atoms with Gasteiger partial charge in [0.2, 0.25) is 0 Å². The SMILES string of the molecule is Cc1ccc(-c2cn[nH]c2[C@H]2CCCN(C(=O)c3ccc(N)nc3)C2)cc1. The molecule has 1 saturated heterocycles. The number of nitrogens with one attached hydrogen (secondary N) is 1. The largest absolute Gasteiger partial charge is 0.384 e. The minimum absolute atomic E-state index is 0.00333. The van der Waals surface area contributed by atoms with E-state index in [2.05, 4.69) is 46.4 Å². The van der Waals surface area contributed by atoms with Crippen LogP contribution >= 0.6 is 0 Å². The lowest BCUT2D eigenvalue weighted by molar-refractivity contribution is 0.0705. The van der Waals surface area contributed by atoms with Crippen molar-refractivity contribution < 1.29 is 4.79 Å². The van der Waals surface area contributed by atoms with Crippen molar-refractivity contribution >= 4 is 11.7 Å². The molecule has 3 aromatic rings. The van der Waals surface area contributed by atoms with Crippen molar-refractivity contribution in [3.63, 3.8) is 0 Å². The Bertz CT molecular complexity index is 930. The molecule has 1 amide bonds. The third-order valence-electron chi connectivity index (χ3n) is 5.18. The van der Waals surface area contributed by atoms with Crippen molar-refractivity contribution in [2.45, 2.75) is 25.7 Å². The number of benzene rings is 1. The highest BCUT2D eigenvalue weighted by Gasteiger charge is 2.28. The lowest BCUT2D eigenvalue weighted by Crippen LogP contribution is -2.39. The number of carbonyl (C=O) groups excluding carboxylic acids is 1. The predicted molar refractivity (Wildman–Crippen MR) is 105 cm³/mol. The van der Waals surface area contributed by atoms with E-state index < -0.39 is 0 Å². The van der Waals surface area contributed by atoms with Gasteiger partial charge in [0, 0.05) is 36.5 Å². The summed E-state index contributed by atoms with van der Waals surface area (Å²) in [4.78, 5) is 18.8. The number of carbonyl (C=O) groups is 1. The third-order valence-corrected chi connectivity index (χ3v) is 5.18. The molecule has 1 aliphatic heterocycles. The Labute approximate surface area is 158 Å². The summed E-state index contributed by atoms with van der Waals surface area (Å²) in [6.45, 7) is 3.51. The third kappa shape index (κ3) is 3.56. The fraction of sp³-hybridized carbons (Fsp3) is 0.286. The van der Waals surface area contributed by atoms with Gasteiger partial charge in [-0.25, -0.2) is 4.98 Å². The van der Waals surface area contributed by atoms with Gasteiger partial charge in [0.1, 0.15) is 5.82 Å². The van der Waals surface area contributed by atoms with E-state index in [9.17, 15) is 4.79 Å². The van der Waals surface area contributed by atoms with Gasteiger partial charge in [0.25, 0.3) is 5.91 Å². The summed E-state index contributed by atoms with van der Waals surface area (Å²) in [6, 6.07) is 11.9. The summed E-state index contributed by atoms with van der Waals surface area (Å²) < 4.78 is 0. The number of nitrogens with two attached hydrogens (primary N) is 1. The first kappa shape index (κ1) is 17.3. The van der Waals surface area contributed by atoms with Crippen LogP contribution in [0.4, 0.5) is 5.82 Å². The normalized spacial score (nSPS) is 17.1. The molecule has 138 valence electrons. The Hall–Kier alpha value is -3.15. The summed E-state index contributed by atoms with van der Waals surface area (Å²) in [7, 11) is 0. The van der Waals surface area contributed by atoms with Crippen LogP contribution in [0.3, 0.4) is 0 Å². The molecule has 3 N–H and O–H groups in total. The maximum absolute atomic E-state index is 12.8. The fourth-order valence-corrected chi connectivity index (χ4v) is 3.68. The van der Waals surface area contributed by atoms with E-state index in [4.69, 9.17) is 5.73 Å². The second kappa shape index (κ2) is 7.23. The first-order chi connectivity index (χ1) is 13.1. The van der Waals surface area contributed by atoms with Gasteiger partial charge in [-0.05, 0) is 37.5 Å². The van der Waals surface area contributed by atoms with Gasteiger partial charge in [-0.15, -0.1) is 0 Å². The quantitative estimate of drug-likeness (QED) is 0.748. The van der Waals surface area contributed by atoms with Crippen LogP contribution in [-0.4, -0.2) is 39.1 Å².